The van der Waals surface area contributed by atoms with Crippen molar-refractivity contribution in [3.05, 3.63) is 75.3 Å². The second-order valence-corrected chi connectivity index (χ2v) is 7.09. The van der Waals surface area contributed by atoms with E-state index in [0.29, 0.717) is 11.6 Å². The molecular weight excluding hydrogens is 354 g/mol. The maximum atomic E-state index is 6.13. The van der Waals surface area contributed by atoms with E-state index in [1.807, 2.05) is 62.4 Å². The lowest BCUT2D eigenvalue weighted by Crippen LogP contribution is -1.96. The average molecular weight is 372 g/mol. The summed E-state index contributed by atoms with van der Waals surface area (Å²) in [6.45, 7) is 4.47. The first-order chi connectivity index (χ1) is 12.1. The van der Waals surface area contributed by atoms with Crippen LogP contribution >= 0.6 is 22.9 Å². The van der Waals surface area contributed by atoms with Gasteiger partial charge in [-0.15, -0.1) is 11.3 Å². The van der Waals surface area contributed by atoms with Gasteiger partial charge in [-0.25, -0.2) is 4.98 Å². The topological polar surface area (TPSA) is 46.5 Å². The molecule has 1 heterocycles. The number of thiazole rings is 1. The molecule has 0 aliphatic rings. The van der Waals surface area contributed by atoms with Crippen molar-refractivity contribution in [1.29, 1.82) is 0 Å². The van der Waals surface area contributed by atoms with Crippen LogP contribution in [0, 0.1) is 13.8 Å². The third-order valence-electron chi connectivity index (χ3n) is 3.63. The minimum Gasteiger partial charge on any atom is -0.489 e. The third kappa shape index (κ3) is 4.81. The van der Waals surface area contributed by atoms with Gasteiger partial charge < -0.3 is 4.74 Å². The molecule has 0 radical (unpaired) electrons. The van der Waals surface area contributed by atoms with Crippen LogP contribution in [0.4, 0.5) is 5.13 Å². The highest BCUT2D eigenvalue weighted by molar-refractivity contribution is 7.15. The number of halogens is 1. The molecule has 0 unspecified atom stereocenters. The highest BCUT2D eigenvalue weighted by Gasteiger charge is 2.02. The van der Waals surface area contributed by atoms with Gasteiger partial charge in [-0.1, -0.05) is 29.8 Å². The van der Waals surface area contributed by atoms with E-state index in [0.717, 1.165) is 27.7 Å². The van der Waals surface area contributed by atoms with E-state index in [2.05, 4.69) is 15.5 Å². The van der Waals surface area contributed by atoms with E-state index in [4.69, 9.17) is 16.3 Å². The Kier molecular flexibility index (Phi) is 5.68. The molecule has 1 aromatic heterocycles. The van der Waals surface area contributed by atoms with Crippen molar-refractivity contribution in [2.45, 2.75) is 20.5 Å². The number of hydrazone groups is 1. The van der Waals surface area contributed by atoms with Gasteiger partial charge in [0.25, 0.3) is 0 Å². The van der Waals surface area contributed by atoms with E-state index in [-0.39, 0.29) is 0 Å². The van der Waals surface area contributed by atoms with Crippen LogP contribution in [0.5, 0.6) is 5.75 Å². The van der Waals surface area contributed by atoms with Crippen molar-refractivity contribution < 1.29 is 4.74 Å². The van der Waals surface area contributed by atoms with Crippen molar-refractivity contribution in [2.24, 2.45) is 5.10 Å². The first kappa shape index (κ1) is 17.5. The summed E-state index contributed by atoms with van der Waals surface area (Å²) in [6, 6.07) is 15.4. The molecule has 0 aliphatic carbocycles. The van der Waals surface area contributed by atoms with Gasteiger partial charge in [-0.3, -0.25) is 5.43 Å². The molecule has 6 heteroatoms. The number of ether oxygens (including phenoxy) is 1. The molecule has 3 aromatic rings. The van der Waals surface area contributed by atoms with Crippen LogP contribution in [0.15, 0.2) is 53.6 Å². The average Bonchev–Trinajstić information content (AvgIpc) is 2.93. The second kappa shape index (κ2) is 8.14. The Morgan fingerprint density at radius 3 is 2.60 bits per heavy atom. The third-order valence-corrected chi connectivity index (χ3v) is 4.98. The lowest BCUT2D eigenvalue weighted by molar-refractivity contribution is 0.306. The molecule has 128 valence electrons. The largest absolute Gasteiger partial charge is 0.489 e. The van der Waals surface area contributed by atoms with Gasteiger partial charge in [-0.05, 0) is 49.7 Å². The van der Waals surface area contributed by atoms with Crippen molar-refractivity contribution >= 4 is 34.3 Å². The first-order valence-electron chi connectivity index (χ1n) is 7.81. The van der Waals surface area contributed by atoms with Crippen molar-refractivity contribution in [1.82, 2.24) is 4.98 Å². The lowest BCUT2D eigenvalue weighted by Gasteiger charge is -2.07. The van der Waals surface area contributed by atoms with Gasteiger partial charge in [0.2, 0.25) is 5.13 Å². The van der Waals surface area contributed by atoms with E-state index in [9.17, 15) is 0 Å². The van der Waals surface area contributed by atoms with Crippen LogP contribution in [0.1, 0.15) is 21.7 Å². The summed E-state index contributed by atoms with van der Waals surface area (Å²) in [5.41, 5.74) is 5.92. The van der Waals surface area contributed by atoms with Crippen molar-refractivity contribution in [3.63, 3.8) is 0 Å². The summed E-state index contributed by atoms with van der Waals surface area (Å²) in [5, 5.41) is 5.73. The summed E-state index contributed by atoms with van der Waals surface area (Å²) < 4.78 is 5.76. The fourth-order valence-electron chi connectivity index (χ4n) is 2.11. The Labute approximate surface area is 156 Å². The van der Waals surface area contributed by atoms with Gasteiger partial charge in [0.1, 0.15) is 12.4 Å². The zero-order chi connectivity index (χ0) is 17.6. The Morgan fingerprint density at radius 1 is 1.16 bits per heavy atom. The maximum absolute atomic E-state index is 6.13. The maximum Gasteiger partial charge on any atom is 0.203 e. The van der Waals surface area contributed by atoms with E-state index in [1.54, 1.807) is 17.6 Å². The second-order valence-electron chi connectivity index (χ2n) is 5.48. The molecule has 0 saturated carbocycles. The molecule has 1 N–H and O–H groups in total. The molecule has 0 fully saturated rings. The number of rotatable bonds is 6. The minimum absolute atomic E-state index is 0.442. The van der Waals surface area contributed by atoms with Gasteiger partial charge in [0.15, 0.2) is 0 Å². The Morgan fingerprint density at radius 2 is 1.92 bits per heavy atom. The predicted molar refractivity (Wildman–Crippen MR) is 105 cm³/mol. The summed E-state index contributed by atoms with van der Waals surface area (Å²) in [4.78, 5) is 5.57. The van der Waals surface area contributed by atoms with Crippen LogP contribution in [-0.4, -0.2) is 11.2 Å². The molecule has 0 amide bonds. The van der Waals surface area contributed by atoms with Crippen LogP contribution < -0.4 is 10.2 Å². The van der Waals surface area contributed by atoms with Crippen LogP contribution in [0.2, 0.25) is 5.02 Å². The Bertz CT molecular complexity index is 855. The number of aryl methyl sites for hydroxylation is 2. The summed E-state index contributed by atoms with van der Waals surface area (Å²) >= 11 is 7.72. The zero-order valence-electron chi connectivity index (χ0n) is 14.0. The molecule has 0 spiro atoms. The summed E-state index contributed by atoms with van der Waals surface area (Å²) in [6.07, 6.45) is 1.75. The van der Waals surface area contributed by atoms with Crippen LogP contribution in [0.25, 0.3) is 0 Å². The standard InChI is InChI=1S/C19H18ClN3OS/c1-13-14(2)25-19(22-13)23-21-11-15-7-9-17(10-8-15)24-12-16-5-3-4-6-18(16)20/h3-11H,12H2,1-2H3,(H,22,23)/b21-11+. The van der Waals surface area contributed by atoms with E-state index < -0.39 is 0 Å². The van der Waals surface area contributed by atoms with E-state index >= 15 is 0 Å². The number of hydrogen-bond donors (Lipinski definition) is 1. The summed E-state index contributed by atoms with van der Waals surface area (Å²) in [5.74, 6) is 0.788. The summed E-state index contributed by atoms with van der Waals surface area (Å²) in [7, 11) is 0. The predicted octanol–water partition coefficient (Wildman–Crippen LogP) is 5.44. The zero-order valence-corrected chi connectivity index (χ0v) is 15.6. The molecule has 0 bridgehead atoms. The number of benzene rings is 2. The molecule has 25 heavy (non-hydrogen) atoms. The number of aromatic nitrogens is 1. The highest BCUT2D eigenvalue weighted by atomic mass is 35.5. The SMILES string of the molecule is Cc1nc(N/N=C/c2ccc(OCc3ccccc3Cl)cc2)sc1C. The smallest absolute Gasteiger partial charge is 0.203 e. The molecule has 0 atom stereocenters. The molecule has 4 nitrogen and oxygen atoms in total. The molecule has 0 saturated heterocycles. The lowest BCUT2D eigenvalue weighted by atomic mass is 10.2. The Balaban J connectivity index is 1.55. The Hall–Kier alpha value is -2.37. The number of nitrogens with one attached hydrogen (secondary N) is 1. The quantitative estimate of drug-likeness (QED) is 0.463. The molecule has 0 aliphatic heterocycles. The van der Waals surface area contributed by atoms with Crippen molar-refractivity contribution in [3.8, 4) is 5.75 Å². The number of anilines is 1. The first-order valence-corrected chi connectivity index (χ1v) is 9.00. The fraction of sp³-hybridized carbons (Fsp3) is 0.158. The number of nitrogens with zero attached hydrogens (tertiary/aromatic N) is 2. The monoisotopic (exact) mass is 371 g/mol. The van der Waals surface area contributed by atoms with Crippen molar-refractivity contribution in [2.75, 3.05) is 5.43 Å². The normalized spacial score (nSPS) is 11.0. The van der Waals surface area contributed by atoms with Gasteiger partial charge in [-0.2, -0.15) is 5.10 Å². The minimum atomic E-state index is 0.442. The highest BCUT2D eigenvalue weighted by Crippen LogP contribution is 2.21. The van der Waals surface area contributed by atoms with Crippen LogP contribution in [-0.2, 0) is 6.61 Å². The van der Waals surface area contributed by atoms with Crippen LogP contribution in [0.3, 0.4) is 0 Å². The van der Waals surface area contributed by atoms with E-state index in [1.165, 1.54) is 4.88 Å². The van der Waals surface area contributed by atoms with Gasteiger partial charge >= 0.3 is 0 Å². The van der Waals surface area contributed by atoms with Gasteiger partial charge in [0.05, 0.1) is 11.9 Å². The fourth-order valence-corrected chi connectivity index (χ4v) is 3.06. The molecular formula is C19H18ClN3OS. The number of hydrogen-bond acceptors (Lipinski definition) is 5. The van der Waals surface area contributed by atoms with Gasteiger partial charge in [0, 0.05) is 15.5 Å². The molecule has 2 aromatic carbocycles. The molecule has 3 rings (SSSR count).